The van der Waals surface area contributed by atoms with Crippen molar-refractivity contribution in [3.05, 3.63) is 159 Å². The van der Waals surface area contributed by atoms with Gasteiger partial charge in [0.05, 0.1) is 12.0 Å². The topological polar surface area (TPSA) is 35.4 Å². The molecule has 0 radical (unpaired) electrons. The molecule has 4 heteroatoms. The Hall–Kier alpha value is -5.22. The number of fused-ring (bicyclic) bond motifs is 11. The van der Waals surface area contributed by atoms with E-state index in [9.17, 15) is 0 Å². The number of hydrogen-bond acceptors (Lipinski definition) is 3. The van der Waals surface area contributed by atoms with Crippen LogP contribution >= 0.6 is 0 Å². The average molecular weight is 599 g/mol. The van der Waals surface area contributed by atoms with Gasteiger partial charge in [-0.15, -0.1) is 0 Å². The molecule has 3 aliphatic heterocycles. The quantitative estimate of drug-likeness (QED) is 0.250. The van der Waals surface area contributed by atoms with Gasteiger partial charge in [-0.2, -0.15) is 0 Å². The number of rotatable bonds is 2. The number of nitrogens with zero attached hydrogens (tertiary/aromatic N) is 1. The molecule has 3 aliphatic carbocycles. The van der Waals surface area contributed by atoms with E-state index >= 15 is 0 Å². The second kappa shape index (κ2) is 9.89. The van der Waals surface area contributed by atoms with Gasteiger partial charge in [0.2, 0.25) is 0 Å². The fourth-order valence-electron chi connectivity index (χ4n) is 8.57. The Labute approximate surface area is 269 Å². The number of allylic oxidation sites excluding steroid dienone is 8. The van der Waals surface area contributed by atoms with Crippen LogP contribution in [0.2, 0.25) is 0 Å². The number of aromatic nitrogens is 1. The molecule has 1 unspecified atom stereocenters. The summed E-state index contributed by atoms with van der Waals surface area (Å²) in [6, 6.07) is 22.3. The molecule has 0 amide bonds. The van der Waals surface area contributed by atoms with Crippen molar-refractivity contribution < 1.29 is 9.47 Å². The first-order chi connectivity index (χ1) is 22.8. The smallest absolute Gasteiger partial charge is 0.134 e. The zero-order valence-electron chi connectivity index (χ0n) is 25.7. The summed E-state index contributed by atoms with van der Waals surface area (Å²) in [4.78, 5) is 0. The summed E-state index contributed by atoms with van der Waals surface area (Å²) in [6.45, 7) is 0.804. The Kier molecular flexibility index (Phi) is 5.60. The zero-order chi connectivity index (χ0) is 30.2. The van der Waals surface area contributed by atoms with Gasteiger partial charge in [0.25, 0.3) is 0 Å². The maximum atomic E-state index is 6.91. The molecule has 224 valence electrons. The Morgan fingerprint density at radius 2 is 1.52 bits per heavy atom. The van der Waals surface area contributed by atoms with Crippen LogP contribution in [0.5, 0.6) is 17.2 Å². The molecule has 0 saturated heterocycles. The highest BCUT2D eigenvalue weighted by Gasteiger charge is 2.52. The Morgan fingerprint density at radius 3 is 2.46 bits per heavy atom. The molecular weight excluding hydrogens is 564 g/mol. The molecule has 4 heterocycles. The fraction of sp³-hybridized carbons (Fsp3) is 0.190. The second-order valence-electron chi connectivity index (χ2n) is 13.0. The summed E-state index contributed by atoms with van der Waals surface area (Å²) in [5.74, 6) is 3.68. The first kappa shape index (κ1) is 26.0. The molecule has 4 nitrogen and oxygen atoms in total. The molecule has 1 aromatic heterocycles. The van der Waals surface area contributed by atoms with Crippen LogP contribution in [0.15, 0.2) is 115 Å². The maximum Gasteiger partial charge on any atom is 0.134 e. The third-order valence-electron chi connectivity index (χ3n) is 10.5. The Morgan fingerprint density at radius 1 is 0.696 bits per heavy atom. The summed E-state index contributed by atoms with van der Waals surface area (Å²) < 4.78 is 16.1. The monoisotopic (exact) mass is 598 g/mol. The van der Waals surface area contributed by atoms with Crippen molar-refractivity contribution in [3.8, 4) is 22.9 Å². The van der Waals surface area contributed by atoms with Crippen LogP contribution in [-0.4, -0.2) is 4.57 Å². The van der Waals surface area contributed by atoms with Crippen molar-refractivity contribution in [1.29, 1.82) is 0 Å². The van der Waals surface area contributed by atoms with Crippen LogP contribution in [0, 0.1) is 0 Å². The lowest BCUT2D eigenvalue weighted by Crippen LogP contribution is -2.40. The van der Waals surface area contributed by atoms with Crippen molar-refractivity contribution >= 4 is 17.7 Å². The second-order valence-corrected chi connectivity index (χ2v) is 13.0. The predicted molar refractivity (Wildman–Crippen MR) is 184 cm³/mol. The number of nitrogens with one attached hydrogen (secondary N) is 1. The number of ether oxygens (including phenoxy) is 2. The third kappa shape index (κ3) is 3.56. The van der Waals surface area contributed by atoms with Crippen molar-refractivity contribution in [2.24, 2.45) is 0 Å². The summed E-state index contributed by atoms with van der Waals surface area (Å²) in [7, 11) is 0. The van der Waals surface area contributed by atoms with Gasteiger partial charge in [0.15, 0.2) is 0 Å². The standard InChI is InChI=1S/C42H34N2O2/c1-2-10-27(11-3-1)28-18-20-34-40(24-28)45-38-16-8-5-13-32(38)42(34)33-14-6-9-17-39(33)46-41-25-29(19-21-35(41)42)44-36-15-7-4-12-30(36)31-22-23-43-26-37(31)44/h2,5,7-8,10-11,13-25,43H,1,3-4,6,9,12,26H2. The highest BCUT2D eigenvalue weighted by atomic mass is 16.5. The number of para-hydroxylation sites is 1. The molecule has 1 N–H and O–H groups in total. The van der Waals surface area contributed by atoms with E-state index in [-0.39, 0.29) is 0 Å². The van der Waals surface area contributed by atoms with Gasteiger partial charge < -0.3 is 19.4 Å². The lowest BCUT2D eigenvalue weighted by atomic mass is 9.60. The van der Waals surface area contributed by atoms with Crippen molar-refractivity contribution in [2.75, 3.05) is 0 Å². The fourth-order valence-corrected chi connectivity index (χ4v) is 8.57. The maximum absolute atomic E-state index is 6.91. The largest absolute Gasteiger partial charge is 0.457 e. The summed E-state index contributed by atoms with van der Waals surface area (Å²) >= 11 is 0. The average Bonchev–Trinajstić information content (AvgIpc) is 3.46. The number of benzene rings is 3. The number of hydrogen-bond donors (Lipinski definition) is 1. The van der Waals surface area contributed by atoms with E-state index in [0.29, 0.717) is 0 Å². The molecule has 46 heavy (non-hydrogen) atoms. The first-order valence-corrected chi connectivity index (χ1v) is 16.7. The Balaban J connectivity index is 1.23. The third-order valence-corrected chi connectivity index (χ3v) is 10.5. The van der Waals surface area contributed by atoms with E-state index < -0.39 is 5.41 Å². The minimum Gasteiger partial charge on any atom is -0.457 e. The van der Waals surface area contributed by atoms with Gasteiger partial charge in [-0.1, -0.05) is 66.8 Å². The Bertz CT molecular complexity index is 2170. The molecule has 0 fully saturated rings. The highest BCUT2D eigenvalue weighted by molar-refractivity contribution is 5.80. The summed E-state index contributed by atoms with van der Waals surface area (Å²) in [5.41, 5.74) is 13.1. The van der Waals surface area contributed by atoms with Crippen LogP contribution in [0.4, 0.5) is 0 Å². The molecular formula is C42H34N2O2. The van der Waals surface area contributed by atoms with Crippen LogP contribution in [0.1, 0.15) is 76.9 Å². The lowest BCUT2D eigenvalue weighted by Gasteiger charge is -2.47. The molecule has 3 aromatic carbocycles. The van der Waals surface area contributed by atoms with Gasteiger partial charge >= 0.3 is 0 Å². The molecule has 1 atom stereocenters. The van der Waals surface area contributed by atoms with Gasteiger partial charge in [0.1, 0.15) is 23.0 Å². The van der Waals surface area contributed by atoms with E-state index in [1.807, 2.05) is 0 Å². The SMILES string of the molecule is C1=CC(c2ccc3c(c2)Oc2ccccc2C32C3=CCCC=C3Oc3cc(-n4c5c(c6c4CNC=C6)CCC=C5)ccc32)=CCC1. The minimum absolute atomic E-state index is 0.558. The van der Waals surface area contributed by atoms with E-state index in [4.69, 9.17) is 9.47 Å². The van der Waals surface area contributed by atoms with Crippen LogP contribution in [-0.2, 0) is 18.4 Å². The van der Waals surface area contributed by atoms with Gasteiger partial charge in [-0.25, -0.2) is 0 Å². The lowest BCUT2D eigenvalue weighted by molar-refractivity contribution is 0.362. The van der Waals surface area contributed by atoms with E-state index in [2.05, 4.69) is 125 Å². The summed E-state index contributed by atoms with van der Waals surface area (Å²) in [6.07, 6.45) is 26.7. The molecule has 10 rings (SSSR count). The van der Waals surface area contributed by atoms with Crippen LogP contribution in [0.3, 0.4) is 0 Å². The molecule has 0 bridgehead atoms. The van der Waals surface area contributed by atoms with Gasteiger partial charge in [0, 0.05) is 51.0 Å². The van der Waals surface area contributed by atoms with E-state index in [0.717, 1.165) is 84.9 Å². The van der Waals surface area contributed by atoms with Crippen LogP contribution < -0.4 is 14.8 Å². The van der Waals surface area contributed by atoms with Crippen molar-refractivity contribution in [3.63, 3.8) is 0 Å². The first-order valence-electron chi connectivity index (χ1n) is 16.7. The normalized spacial score (nSPS) is 21.2. The van der Waals surface area contributed by atoms with Gasteiger partial charge in [-0.3, -0.25) is 0 Å². The van der Waals surface area contributed by atoms with E-state index in [1.165, 1.54) is 44.8 Å². The highest BCUT2D eigenvalue weighted by Crippen LogP contribution is 2.62. The molecule has 4 aromatic rings. The van der Waals surface area contributed by atoms with Crippen molar-refractivity contribution in [2.45, 2.75) is 50.5 Å². The van der Waals surface area contributed by atoms with Crippen LogP contribution in [0.25, 0.3) is 23.4 Å². The predicted octanol–water partition coefficient (Wildman–Crippen LogP) is 9.68. The molecule has 0 saturated carbocycles. The van der Waals surface area contributed by atoms with Gasteiger partial charge in [-0.05, 0) is 97.9 Å². The molecule has 1 spiro atoms. The van der Waals surface area contributed by atoms with E-state index in [1.54, 1.807) is 0 Å². The summed E-state index contributed by atoms with van der Waals surface area (Å²) in [5, 5.41) is 3.46. The zero-order valence-corrected chi connectivity index (χ0v) is 25.7. The minimum atomic E-state index is -0.558. The van der Waals surface area contributed by atoms with Crippen molar-refractivity contribution in [1.82, 2.24) is 9.88 Å². The molecule has 6 aliphatic rings.